The van der Waals surface area contributed by atoms with E-state index in [4.69, 9.17) is 9.47 Å². The van der Waals surface area contributed by atoms with Crippen molar-refractivity contribution in [2.24, 2.45) is 5.41 Å². The third-order valence-corrected chi connectivity index (χ3v) is 4.26. The van der Waals surface area contributed by atoms with Crippen molar-refractivity contribution < 1.29 is 19.4 Å². The number of esters is 1. The van der Waals surface area contributed by atoms with Gasteiger partial charge in [0.25, 0.3) is 0 Å². The number of ether oxygens (including phenoxy) is 2. The van der Waals surface area contributed by atoms with Crippen molar-refractivity contribution in [3.8, 4) is 0 Å². The molecule has 5 nitrogen and oxygen atoms in total. The van der Waals surface area contributed by atoms with Crippen LogP contribution in [0.4, 0.5) is 0 Å². The minimum absolute atomic E-state index is 0.151. The number of hydrogen-bond acceptors (Lipinski definition) is 5. The zero-order valence-electron chi connectivity index (χ0n) is 14.7. The molecule has 3 rings (SSSR count). The molecule has 5 heteroatoms. The van der Waals surface area contributed by atoms with Gasteiger partial charge in [-0.05, 0) is 17.7 Å². The normalized spacial score (nSPS) is 23.5. The van der Waals surface area contributed by atoms with Crippen LogP contribution in [-0.2, 0) is 32.9 Å². The standard InChI is InChI=1S/C20H23NO4/c1-19(2,3)18-24-17(23)20(25-18,14-8-5-4-6-9-14)12-15-10-7-11-16(13-22)21-15/h4-11,18,22H,12-13H2,1-3H3/t18-,20+/m1/s1. The average Bonchev–Trinajstić information content (AvgIpc) is 2.94. The van der Waals surface area contributed by atoms with Gasteiger partial charge in [-0.3, -0.25) is 4.98 Å². The molecule has 0 spiro atoms. The number of carbonyl (C=O) groups excluding carboxylic acids is 1. The maximum absolute atomic E-state index is 12.9. The number of aliphatic hydroxyl groups excluding tert-OH is 1. The fraction of sp³-hybridized carbons (Fsp3) is 0.400. The maximum atomic E-state index is 12.9. The molecule has 0 saturated carbocycles. The van der Waals surface area contributed by atoms with Gasteiger partial charge in [-0.25, -0.2) is 4.79 Å². The number of benzene rings is 1. The van der Waals surface area contributed by atoms with Crippen molar-refractivity contribution in [1.82, 2.24) is 4.98 Å². The van der Waals surface area contributed by atoms with Crippen molar-refractivity contribution in [2.75, 3.05) is 0 Å². The van der Waals surface area contributed by atoms with E-state index >= 15 is 0 Å². The van der Waals surface area contributed by atoms with Gasteiger partial charge < -0.3 is 14.6 Å². The Kier molecular flexibility index (Phi) is 4.62. The fourth-order valence-electron chi connectivity index (χ4n) is 2.88. The molecule has 1 N–H and O–H groups in total. The van der Waals surface area contributed by atoms with Gasteiger partial charge in [0, 0.05) is 17.5 Å². The molecule has 132 valence electrons. The Balaban J connectivity index is 2.03. The Morgan fingerprint density at radius 3 is 2.36 bits per heavy atom. The van der Waals surface area contributed by atoms with E-state index in [0.29, 0.717) is 11.4 Å². The highest BCUT2D eigenvalue weighted by atomic mass is 16.8. The number of aromatic nitrogens is 1. The second kappa shape index (κ2) is 6.58. The predicted octanol–water partition coefficient (Wildman–Crippen LogP) is 2.96. The van der Waals surface area contributed by atoms with Crippen LogP contribution in [0.1, 0.15) is 37.7 Å². The molecule has 2 aromatic rings. The molecule has 1 aliphatic heterocycles. The van der Waals surface area contributed by atoms with E-state index in [9.17, 15) is 9.90 Å². The van der Waals surface area contributed by atoms with Crippen LogP contribution in [0.3, 0.4) is 0 Å². The first-order chi connectivity index (χ1) is 11.8. The van der Waals surface area contributed by atoms with Crippen LogP contribution in [0.25, 0.3) is 0 Å². The third-order valence-electron chi connectivity index (χ3n) is 4.26. The van der Waals surface area contributed by atoms with Crippen molar-refractivity contribution in [1.29, 1.82) is 0 Å². The molecular formula is C20H23NO4. The molecular weight excluding hydrogens is 318 g/mol. The van der Waals surface area contributed by atoms with Crippen molar-refractivity contribution in [2.45, 2.75) is 45.7 Å². The van der Waals surface area contributed by atoms with E-state index in [2.05, 4.69) is 4.98 Å². The lowest BCUT2D eigenvalue weighted by atomic mass is 9.88. The third kappa shape index (κ3) is 3.43. The lowest BCUT2D eigenvalue weighted by molar-refractivity contribution is -0.156. The summed E-state index contributed by atoms with van der Waals surface area (Å²) in [5, 5.41) is 9.32. The smallest absolute Gasteiger partial charge is 0.346 e. The first kappa shape index (κ1) is 17.6. The highest BCUT2D eigenvalue weighted by molar-refractivity contribution is 5.83. The number of pyridine rings is 1. The number of hydrogen-bond donors (Lipinski definition) is 1. The van der Waals surface area contributed by atoms with Gasteiger partial charge >= 0.3 is 5.97 Å². The van der Waals surface area contributed by atoms with Gasteiger partial charge in [-0.2, -0.15) is 0 Å². The molecule has 0 aliphatic carbocycles. The fourth-order valence-corrected chi connectivity index (χ4v) is 2.88. The number of cyclic esters (lactones) is 1. The molecule has 0 radical (unpaired) electrons. The molecule has 0 amide bonds. The molecule has 2 atom stereocenters. The van der Waals surface area contributed by atoms with Crippen LogP contribution in [0.2, 0.25) is 0 Å². The Morgan fingerprint density at radius 2 is 1.76 bits per heavy atom. The summed E-state index contributed by atoms with van der Waals surface area (Å²) in [6.07, 6.45) is -0.391. The zero-order chi connectivity index (χ0) is 18.1. The Labute approximate surface area is 147 Å². The topological polar surface area (TPSA) is 68.7 Å². The van der Waals surface area contributed by atoms with Gasteiger partial charge in [0.2, 0.25) is 6.29 Å². The Morgan fingerprint density at radius 1 is 1.08 bits per heavy atom. The molecule has 25 heavy (non-hydrogen) atoms. The van der Waals surface area contributed by atoms with E-state index in [1.165, 1.54) is 0 Å². The molecule has 0 unspecified atom stereocenters. The van der Waals surface area contributed by atoms with E-state index < -0.39 is 17.9 Å². The summed E-state index contributed by atoms with van der Waals surface area (Å²) in [5.41, 5.74) is 0.386. The number of nitrogens with zero attached hydrogens (tertiary/aromatic N) is 1. The summed E-state index contributed by atoms with van der Waals surface area (Å²) >= 11 is 0. The van der Waals surface area contributed by atoms with E-state index in [-0.39, 0.29) is 18.4 Å². The van der Waals surface area contributed by atoms with Gasteiger partial charge in [0.05, 0.1) is 12.3 Å². The second-order valence-corrected chi connectivity index (χ2v) is 7.37. The minimum atomic E-state index is -1.24. The van der Waals surface area contributed by atoms with Crippen LogP contribution < -0.4 is 0 Å². The SMILES string of the molecule is CC(C)(C)[C@@H]1OC(=O)[C@](Cc2cccc(CO)n2)(c2ccccc2)O1. The van der Waals surface area contributed by atoms with Gasteiger partial charge in [-0.15, -0.1) is 0 Å². The van der Waals surface area contributed by atoms with Gasteiger partial charge in [0.1, 0.15) is 0 Å². The first-order valence-electron chi connectivity index (χ1n) is 8.35. The zero-order valence-corrected chi connectivity index (χ0v) is 14.7. The number of aliphatic hydroxyl groups is 1. The molecule has 1 aromatic heterocycles. The lowest BCUT2D eigenvalue weighted by Gasteiger charge is -2.28. The summed E-state index contributed by atoms with van der Waals surface area (Å²) in [7, 11) is 0. The molecule has 0 bridgehead atoms. The number of carbonyl (C=O) groups is 1. The summed E-state index contributed by atoms with van der Waals surface area (Å²) in [4.78, 5) is 17.3. The van der Waals surface area contributed by atoms with Crippen LogP contribution >= 0.6 is 0 Å². The summed E-state index contributed by atoms with van der Waals surface area (Å²) in [6, 6.07) is 14.7. The van der Waals surface area contributed by atoms with Crippen molar-refractivity contribution in [3.63, 3.8) is 0 Å². The average molecular weight is 341 g/mol. The molecule has 1 aliphatic rings. The summed E-state index contributed by atoms with van der Waals surface area (Å²) in [5.74, 6) is -0.408. The quantitative estimate of drug-likeness (QED) is 0.866. The first-order valence-corrected chi connectivity index (χ1v) is 8.35. The molecule has 2 heterocycles. The van der Waals surface area contributed by atoms with Crippen LogP contribution in [0.15, 0.2) is 48.5 Å². The van der Waals surface area contributed by atoms with Crippen LogP contribution in [0.5, 0.6) is 0 Å². The molecule has 1 fully saturated rings. The Hall–Kier alpha value is -2.24. The highest BCUT2D eigenvalue weighted by Gasteiger charge is 2.54. The largest absolute Gasteiger partial charge is 0.433 e. The molecule has 1 aromatic carbocycles. The Bertz CT molecular complexity index is 754. The van der Waals surface area contributed by atoms with E-state index in [1.807, 2.05) is 63.2 Å². The maximum Gasteiger partial charge on any atom is 0.346 e. The van der Waals surface area contributed by atoms with E-state index in [0.717, 1.165) is 5.56 Å². The minimum Gasteiger partial charge on any atom is -0.433 e. The molecule has 1 saturated heterocycles. The van der Waals surface area contributed by atoms with Gasteiger partial charge in [-0.1, -0.05) is 57.2 Å². The highest BCUT2D eigenvalue weighted by Crippen LogP contribution is 2.42. The predicted molar refractivity (Wildman–Crippen MR) is 92.4 cm³/mol. The second-order valence-electron chi connectivity index (χ2n) is 7.37. The summed E-state index contributed by atoms with van der Waals surface area (Å²) < 4.78 is 11.8. The lowest BCUT2D eigenvalue weighted by Crippen LogP contribution is -2.37. The monoisotopic (exact) mass is 341 g/mol. The van der Waals surface area contributed by atoms with Gasteiger partial charge in [0.15, 0.2) is 5.60 Å². The van der Waals surface area contributed by atoms with Crippen molar-refractivity contribution >= 4 is 5.97 Å². The van der Waals surface area contributed by atoms with Crippen LogP contribution in [0, 0.1) is 5.41 Å². The van der Waals surface area contributed by atoms with Crippen molar-refractivity contribution in [3.05, 3.63) is 65.5 Å². The van der Waals surface area contributed by atoms with Crippen LogP contribution in [-0.4, -0.2) is 22.3 Å². The van der Waals surface area contributed by atoms with E-state index in [1.54, 1.807) is 6.07 Å². The number of rotatable bonds is 4. The summed E-state index contributed by atoms with van der Waals surface area (Å²) in [6.45, 7) is 5.76.